The quantitative estimate of drug-likeness (QED) is 0.195. The number of aromatic hydroxyl groups is 1. The van der Waals surface area contributed by atoms with Crippen molar-refractivity contribution in [1.29, 1.82) is 0 Å². The average Bonchev–Trinajstić information content (AvgIpc) is 3.20. The Balaban J connectivity index is 0.00000216. The fraction of sp³-hybridized carbons (Fsp3) is 0.593. The van der Waals surface area contributed by atoms with E-state index in [0.29, 0.717) is 18.4 Å². The van der Waals surface area contributed by atoms with Crippen LogP contribution in [-0.2, 0) is 9.53 Å². The summed E-state index contributed by atoms with van der Waals surface area (Å²) in [4.78, 5) is 12.6. The number of hydrogen-bond donors (Lipinski definition) is 4. The molecule has 1 aromatic rings. The number of hydrogen-bond acceptors (Lipinski definition) is 6. The summed E-state index contributed by atoms with van der Waals surface area (Å²) in [7, 11) is 0. The van der Waals surface area contributed by atoms with Crippen molar-refractivity contribution in [2.24, 2.45) is 22.7 Å². The predicted molar refractivity (Wildman–Crippen MR) is 128 cm³/mol. The zero-order chi connectivity index (χ0) is 24.0. The first kappa shape index (κ1) is 31.8. The Kier molecular flexibility index (Phi) is 11.5. The van der Waals surface area contributed by atoms with E-state index in [-0.39, 0.29) is 136 Å². The van der Waals surface area contributed by atoms with Gasteiger partial charge in [-0.1, -0.05) is 26.0 Å². The molecular weight excluding hydrogens is 872 g/mol. The third-order valence-corrected chi connectivity index (χ3v) is 8.83. The number of carbonyl (C=O) groups excluding carboxylic acids is 1. The van der Waals surface area contributed by atoms with E-state index in [9.17, 15) is 20.1 Å². The zero-order valence-electron chi connectivity index (χ0n) is 21.1. The van der Waals surface area contributed by atoms with Crippen LogP contribution in [0.2, 0.25) is 0 Å². The molecule has 186 valence electrons. The largest absolute Gasteiger partial charge is 0.508 e. The molecule has 0 bridgehead atoms. The Morgan fingerprint density at radius 1 is 1.26 bits per heavy atom. The van der Waals surface area contributed by atoms with Gasteiger partial charge in [0.05, 0.1) is 24.3 Å². The van der Waals surface area contributed by atoms with E-state index < -0.39 is 11.5 Å². The number of carbonyl (C=O) groups is 1. The molecule has 1 aromatic carbocycles. The fourth-order valence-electron chi connectivity index (χ4n) is 6.79. The molecule has 2 saturated carbocycles. The van der Waals surface area contributed by atoms with Crippen LogP contribution in [0.4, 0.5) is 5.69 Å². The molecule has 4 N–H and O–H groups in total. The number of anilines is 1. The number of fused-ring (bicyclic) bond motifs is 1. The molecule has 1 heterocycles. The number of benzene rings is 1. The number of nitrogens with one attached hydrogen (secondary N) is 1. The summed E-state index contributed by atoms with van der Waals surface area (Å²) in [6.45, 7) is 10.9. The molecule has 6 atom stereocenters. The van der Waals surface area contributed by atoms with Crippen LogP contribution in [0.25, 0.3) is 0 Å². The number of allylic oxidation sites excluding steroid dienone is 1. The minimum absolute atomic E-state index is 0. The SMILES string of the molecule is C=C1CCC2[C@](C)(CO)C(O)CC[C@]2(C)[C@H]1CC(Nc1ccc(O)cc1C)C1=CCOC1=O.[Ac].[Ac]. The summed E-state index contributed by atoms with van der Waals surface area (Å²) >= 11 is 0. The van der Waals surface area contributed by atoms with Gasteiger partial charge in [-0.25, -0.2) is 4.79 Å². The van der Waals surface area contributed by atoms with E-state index in [2.05, 4.69) is 18.8 Å². The van der Waals surface area contributed by atoms with Crippen LogP contribution in [-0.4, -0.2) is 46.6 Å². The van der Waals surface area contributed by atoms with Crippen LogP contribution in [0.5, 0.6) is 5.75 Å². The zero-order valence-corrected chi connectivity index (χ0v) is 30.6. The van der Waals surface area contributed by atoms with E-state index in [1.165, 1.54) is 5.57 Å². The number of rotatable bonds is 6. The van der Waals surface area contributed by atoms with Gasteiger partial charge in [0.2, 0.25) is 0 Å². The van der Waals surface area contributed by atoms with Gasteiger partial charge in [-0.15, -0.1) is 0 Å². The summed E-state index contributed by atoms with van der Waals surface area (Å²) in [6.07, 6.45) is 5.25. The van der Waals surface area contributed by atoms with Crippen LogP contribution in [0.1, 0.15) is 51.5 Å². The average molecular weight is 910 g/mol. The third-order valence-electron chi connectivity index (χ3n) is 8.83. The molecule has 8 heteroatoms. The van der Waals surface area contributed by atoms with Gasteiger partial charge in [0.15, 0.2) is 0 Å². The van der Waals surface area contributed by atoms with Gasteiger partial charge in [0.25, 0.3) is 0 Å². The van der Waals surface area contributed by atoms with E-state index in [1.54, 1.807) is 12.1 Å². The summed E-state index contributed by atoms with van der Waals surface area (Å²) in [6, 6.07) is 4.90. The Morgan fingerprint density at radius 3 is 2.57 bits per heavy atom. The Morgan fingerprint density at radius 2 is 1.97 bits per heavy atom. The van der Waals surface area contributed by atoms with Crippen LogP contribution in [0.15, 0.2) is 42.0 Å². The fourth-order valence-corrected chi connectivity index (χ4v) is 6.79. The van der Waals surface area contributed by atoms with Crippen LogP contribution < -0.4 is 5.32 Å². The number of aliphatic hydroxyl groups excluding tert-OH is 2. The van der Waals surface area contributed by atoms with Gasteiger partial charge >= 0.3 is 5.97 Å². The molecule has 2 aliphatic carbocycles. The predicted octanol–water partition coefficient (Wildman–Crippen LogP) is 4.10. The minimum Gasteiger partial charge on any atom is -0.508 e. The molecule has 0 spiro atoms. The minimum atomic E-state index is -0.548. The second kappa shape index (κ2) is 12.6. The van der Waals surface area contributed by atoms with E-state index in [1.807, 2.05) is 26.0 Å². The van der Waals surface area contributed by atoms with Gasteiger partial charge in [-0.05, 0) is 86.1 Å². The summed E-state index contributed by atoms with van der Waals surface area (Å²) < 4.78 is 5.25. The molecule has 4 rings (SSSR count). The second-order valence-electron chi connectivity index (χ2n) is 10.7. The van der Waals surface area contributed by atoms with Crippen molar-refractivity contribution >= 4 is 11.7 Å². The summed E-state index contributed by atoms with van der Waals surface area (Å²) in [5.74, 6) is 0.189. The molecule has 2 radical (unpaired) electrons. The van der Waals surface area contributed by atoms with Crippen molar-refractivity contribution in [3.8, 4) is 5.75 Å². The first-order valence-electron chi connectivity index (χ1n) is 12.0. The standard InChI is InChI=1S/C27H37NO5.2Ac/c1-16-5-8-23-26(3,11-9-24(31)27(23,4)15-29)20(16)14-22(19-10-12-33-25(19)32)28-21-7-6-18(30)13-17(21)2;;/h6-7,10,13,20,22-24,28-31H,1,5,8-9,11-12,14-15H2,2-4H3;;/t20-,22?,23?,24?,26+,27-;;/m0../s1. The number of aliphatic hydroxyl groups is 2. The maximum atomic E-state index is 12.6. The molecule has 2 fully saturated rings. The second-order valence-corrected chi connectivity index (χ2v) is 10.7. The van der Waals surface area contributed by atoms with Crippen molar-refractivity contribution in [3.63, 3.8) is 0 Å². The Hall–Kier alpha value is 0.573. The van der Waals surface area contributed by atoms with Gasteiger partial charge in [0, 0.05) is 99.2 Å². The number of phenols is 1. The molecule has 1 aliphatic heterocycles. The Bertz CT molecular complexity index is 982. The smallest absolute Gasteiger partial charge is 0.336 e. The van der Waals surface area contributed by atoms with Gasteiger partial charge in [0.1, 0.15) is 12.4 Å². The van der Waals surface area contributed by atoms with Gasteiger partial charge < -0.3 is 25.4 Å². The maximum absolute atomic E-state index is 12.6. The third kappa shape index (κ3) is 6.10. The van der Waals surface area contributed by atoms with E-state index in [0.717, 1.165) is 30.5 Å². The summed E-state index contributed by atoms with van der Waals surface area (Å²) in [5.41, 5.74) is 2.87. The first-order chi connectivity index (χ1) is 15.6. The molecule has 0 saturated heterocycles. The van der Waals surface area contributed by atoms with Crippen LogP contribution >= 0.6 is 0 Å². The van der Waals surface area contributed by atoms with E-state index >= 15 is 0 Å². The van der Waals surface area contributed by atoms with Crippen molar-refractivity contribution < 1.29 is 113 Å². The molecule has 35 heavy (non-hydrogen) atoms. The van der Waals surface area contributed by atoms with Crippen LogP contribution in [0.3, 0.4) is 0 Å². The molecular formula is C27H37Ac2NO5. The first-order valence-corrected chi connectivity index (χ1v) is 12.0. The molecule has 0 aromatic heterocycles. The summed E-state index contributed by atoms with van der Waals surface area (Å²) in [5, 5.41) is 34.4. The molecule has 0 amide bonds. The number of esters is 1. The molecule has 3 unspecified atom stereocenters. The van der Waals surface area contributed by atoms with Crippen molar-refractivity contribution in [1.82, 2.24) is 0 Å². The van der Waals surface area contributed by atoms with Crippen molar-refractivity contribution in [3.05, 3.63) is 47.6 Å². The molecule has 3 aliphatic rings. The number of ether oxygens (including phenoxy) is 1. The van der Waals surface area contributed by atoms with Gasteiger partial charge in [-0.3, -0.25) is 0 Å². The van der Waals surface area contributed by atoms with E-state index in [4.69, 9.17) is 4.74 Å². The normalized spacial score (nSPS) is 32.9. The van der Waals surface area contributed by atoms with Crippen molar-refractivity contribution in [2.45, 2.75) is 65.0 Å². The number of aryl methyl sites for hydroxylation is 1. The van der Waals surface area contributed by atoms with Crippen molar-refractivity contribution in [2.75, 3.05) is 18.5 Å². The number of phenolic OH excluding ortho intramolecular Hbond substituents is 1. The van der Waals surface area contributed by atoms with Gasteiger partial charge in [-0.2, -0.15) is 0 Å². The maximum Gasteiger partial charge on any atom is 0.336 e. The molecule has 6 nitrogen and oxygen atoms in total. The Labute approximate surface area is 280 Å². The monoisotopic (exact) mass is 909 g/mol. The number of cyclic esters (lactones) is 1. The van der Waals surface area contributed by atoms with Crippen LogP contribution in [0, 0.1) is 118 Å². The topological polar surface area (TPSA) is 99.0 Å².